The van der Waals surface area contributed by atoms with E-state index in [4.69, 9.17) is 0 Å². The minimum absolute atomic E-state index is 0.121. The lowest BCUT2D eigenvalue weighted by atomic mass is 10.1. The number of benzene rings is 1. The fraction of sp³-hybridized carbons (Fsp3) is 0.350. The van der Waals surface area contributed by atoms with Gasteiger partial charge in [0.05, 0.1) is 11.1 Å². The lowest BCUT2D eigenvalue weighted by Crippen LogP contribution is -2.28. The van der Waals surface area contributed by atoms with Gasteiger partial charge in [0.1, 0.15) is 0 Å². The van der Waals surface area contributed by atoms with Gasteiger partial charge in [0.15, 0.2) is 0 Å². The number of anilines is 1. The highest BCUT2D eigenvalue weighted by atomic mass is 16.2. The average molecular weight is 339 g/mol. The molecular weight excluding hydrogens is 314 g/mol. The number of rotatable bonds is 7. The smallest absolute Gasteiger partial charge is 0.257 e. The molecule has 2 rings (SSSR count). The van der Waals surface area contributed by atoms with Crippen LogP contribution in [0.25, 0.3) is 0 Å². The van der Waals surface area contributed by atoms with Crippen LogP contribution in [-0.4, -0.2) is 35.3 Å². The van der Waals surface area contributed by atoms with Gasteiger partial charge < -0.3 is 10.2 Å². The van der Waals surface area contributed by atoms with Crippen molar-refractivity contribution in [1.82, 2.24) is 9.88 Å². The highest BCUT2D eigenvalue weighted by molar-refractivity contribution is 6.06. The van der Waals surface area contributed by atoms with Gasteiger partial charge >= 0.3 is 0 Å². The van der Waals surface area contributed by atoms with Crippen LogP contribution >= 0.6 is 0 Å². The van der Waals surface area contributed by atoms with E-state index < -0.39 is 0 Å². The number of hydrogen-bond donors (Lipinski definition) is 1. The maximum absolute atomic E-state index is 12.5. The van der Waals surface area contributed by atoms with Crippen LogP contribution in [0.15, 0.2) is 42.7 Å². The van der Waals surface area contributed by atoms with Crippen LogP contribution in [0.1, 0.15) is 53.0 Å². The molecule has 0 bridgehead atoms. The van der Waals surface area contributed by atoms with Crippen LogP contribution in [0.5, 0.6) is 0 Å². The Morgan fingerprint density at radius 1 is 1.12 bits per heavy atom. The molecule has 25 heavy (non-hydrogen) atoms. The molecule has 2 amide bonds. The number of nitrogens with zero attached hydrogens (tertiary/aromatic N) is 2. The van der Waals surface area contributed by atoms with Crippen molar-refractivity contribution in [3.05, 3.63) is 59.4 Å². The minimum Gasteiger partial charge on any atom is -0.342 e. The van der Waals surface area contributed by atoms with Crippen molar-refractivity contribution >= 4 is 17.5 Å². The molecule has 132 valence electrons. The maximum Gasteiger partial charge on any atom is 0.257 e. The summed E-state index contributed by atoms with van der Waals surface area (Å²) in [5.41, 5.74) is 2.65. The molecule has 0 aliphatic heterocycles. The highest BCUT2D eigenvalue weighted by Crippen LogP contribution is 2.17. The summed E-state index contributed by atoms with van der Waals surface area (Å²) in [6, 6.07) is 9.28. The quantitative estimate of drug-likeness (QED) is 0.835. The van der Waals surface area contributed by atoms with Gasteiger partial charge in [0.25, 0.3) is 11.8 Å². The molecule has 1 aromatic heterocycles. The number of pyridine rings is 1. The maximum atomic E-state index is 12.5. The number of para-hydroxylation sites is 1. The second-order valence-corrected chi connectivity index (χ2v) is 6.01. The summed E-state index contributed by atoms with van der Waals surface area (Å²) in [6.07, 6.45) is 5.78. The molecule has 0 spiro atoms. The van der Waals surface area contributed by atoms with Gasteiger partial charge in [0.2, 0.25) is 0 Å². The van der Waals surface area contributed by atoms with Crippen molar-refractivity contribution in [3.63, 3.8) is 0 Å². The summed E-state index contributed by atoms with van der Waals surface area (Å²) in [7, 11) is 1.77. The highest BCUT2D eigenvalue weighted by Gasteiger charge is 2.15. The molecule has 0 fully saturated rings. The van der Waals surface area contributed by atoms with E-state index in [2.05, 4.69) is 17.2 Å². The predicted molar refractivity (Wildman–Crippen MR) is 99.9 cm³/mol. The molecule has 0 unspecified atom stereocenters. The molecule has 0 aliphatic carbocycles. The third kappa shape index (κ3) is 4.89. The van der Waals surface area contributed by atoms with Gasteiger partial charge in [-0.15, -0.1) is 0 Å². The van der Waals surface area contributed by atoms with Crippen LogP contribution in [0.3, 0.4) is 0 Å². The number of carbonyl (C=O) groups is 2. The number of unbranched alkanes of at least 4 members (excludes halogenated alkanes) is 1. The molecule has 0 aliphatic rings. The van der Waals surface area contributed by atoms with Crippen LogP contribution in [0.4, 0.5) is 5.69 Å². The van der Waals surface area contributed by atoms with Crippen molar-refractivity contribution in [2.24, 2.45) is 0 Å². The Morgan fingerprint density at radius 3 is 2.56 bits per heavy atom. The van der Waals surface area contributed by atoms with Gasteiger partial charge in [0, 0.05) is 31.7 Å². The van der Waals surface area contributed by atoms with Crippen molar-refractivity contribution < 1.29 is 9.59 Å². The second-order valence-electron chi connectivity index (χ2n) is 6.01. The molecule has 5 nitrogen and oxygen atoms in total. The number of carbonyl (C=O) groups excluding carboxylic acids is 2. The normalized spacial score (nSPS) is 10.4. The van der Waals surface area contributed by atoms with Crippen molar-refractivity contribution in [2.45, 2.75) is 33.1 Å². The van der Waals surface area contributed by atoms with E-state index in [0.29, 0.717) is 17.7 Å². The number of hydrogen-bond acceptors (Lipinski definition) is 3. The van der Waals surface area contributed by atoms with Crippen molar-refractivity contribution in [3.8, 4) is 0 Å². The van der Waals surface area contributed by atoms with Crippen molar-refractivity contribution in [1.29, 1.82) is 0 Å². The van der Waals surface area contributed by atoms with Gasteiger partial charge in [-0.1, -0.05) is 38.5 Å². The fourth-order valence-electron chi connectivity index (χ4n) is 2.54. The van der Waals surface area contributed by atoms with Crippen LogP contribution < -0.4 is 5.32 Å². The van der Waals surface area contributed by atoms with E-state index in [9.17, 15) is 9.59 Å². The van der Waals surface area contributed by atoms with E-state index in [1.807, 2.05) is 31.2 Å². The molecule has 0 atom stereocenters. The van der Waals surface area contributed by atoms with E-state index in [1.165, 1.54) is 12.4 Å². The zero-order chi connectivity index (χ0) is 18.2. The predicted octanol–water partition coefficient (Wildman–Crippen LogP) is 3.77. The topological polar surface area (TPSA) is 62.3 Å². The lowest BCUT2D eigenvalue weighted by Gasteiger charge is -2.17. The first-order valence-electron chi connectivity index (χ1n) is 8.66. The zero-order valence-electron chi connectivity index (χ0n) is 15.1. The summed E-state index contributed by atoms with van der Waals surface area (Å²) in [5, 5.41) is 2.90. The van der Waals surface area contributed by atoms with Crippen LogP contribution in [-0.2, 0) is 6.42 Å². The van der Waals surface area contributed by atoms with E-state index in [-0.39, 0.29) is 11.8 Å². The van der Waals surface area contributed by atoms with Crippen LogP contribution in [0, 0.1) is 0 Å². The summed E-state index contributed by atoms with van der Waals surface area (Å²) >= 11 is 0. The van der Waals surface area contributed by atoms with Gasteiger partial charge in [-0.05, 0) is 30.5 Å². The first-order chi connectivity index (χ1) is 12.1. The summed E-state index contributed by atoms with van der Waals surface area (Å²) in [4.78, 5) is 30.7. The number of aryl methyl sites for hydroxylation is 1. The Kier molecular flexibility index (Phi) is 6.69. The Hall–Kier alpha value is -2.69. The van der Waals surface area contributed by atoms with Crippen molar-refractivity contribution in [2.75, 3.05) is 18.9 Å². The monoisotopic (exact) mass is 339 g/mol. The molecular formula is C20H25N3O2. The summed E-state index contributed by atoms with van der Waals surface area (Å²) in [6.45, 7) is 4.81. The average Bonchev–Trinajstić information content (AvgIpc) is 2.65. The van der Waals surface area contributed by atoms with Gasteiger partial charge in [-0.3, -0.25) is 14.6 Å². The molecule has 2 aromatic rings. The van der Waals surface area contributed by atoms with Gasteiger partial charge in [-0.2, -0.15) is 0 Å². The fourth-order valence-corrected chi connectivity index (χ4v) is 2.54. The first-order valence-corrected chi connectivity index (χ1v) is 8.66. The summed E-state index contributed by atoms with van der Waals surface area (Å²) < 4.78 is 0. The second kappa shape index (κ2) is 8.97. The molecule has 1 heterocycles. The minimum atomic E-state index is -0.265. The Labute approximate surface area is 149 Å². The largest absolute Gasteiger partial charge is 0.342 e. The lowest BCUT2D eigenvalue weighted by molar-refractivity contribution is 0.0793. The number of nitrogens with one attached hydrogen (secondary N) is 1. The number of amides is 2. The molecule has 1 aromatic carbocycles. The zero-order valence-corrected chi connectivity index (χ0v) is 15.1. The SMILES string of the molecule is CCCCN(C)C(=O)c1cncc(C(=O)Nc2ccccc2CC)c1. The van der Waals surface area contributed by atoms with E-state index in [1.54, 1.807) is 18.0 Å². The number of aromatic nitrogens is 1. The van der Waals surface area contributed by atoms with E-state index in [0.717, 1.165) is 30.5 Å². The molecule has 0 saturated carbocycles. The van der Waals surface area contributed by atoms with E-state index >= 15 is 0 Å². The summed E-state index contributed by atoms with van der Waals surface area (Å²) in [5.74, 6) is -0.385. The molecule has 1 N–H and O–H groups in total. The van der Waals surface area contributed by atoms with Gasteiger partial charge in [-0.25, -0.2) is 0 Å². The third-order valence-corrected chi connectivity index (χ3v) is 4.09. The Bertz CT molecular complexity index is 743. The first kappa shape index (κ1) is 18.6. The third-order valence-electron chi connectivity index (χ3n) is 4.09. The molecule has 0 saturated heterocycles. The molecule has 5 heteroatoms. The molecule has 0 radical (unpaired) electrons. The van der Waals surface area contributed by atoms with Crippen LogP contribution in [0.2, 0.25) is 0 Å². The Balaban J connectivity index is 2.15. The standard InChI is InChI=1S/C20H25N3O2/c1-4-6-11-23(3)20(25)17-12-16(13-21-14-17)19(24)22-18-10-8-7-9-15(18)5-2/h7-10,12-14H,4-6,11H2,1-3H3,(H,22,24). The Morgan fingerprint density at radius 2 is 1.84 bits per heavy atom.